The van der Waals surface area contributed by atoms with Crippen molar-refractivity contribution in [3.05, 3.63) is 48.1 Å². The van der Waals surface area contributed by atoms with Crippen LogP contribution < -0.4 is 0 Å². The van der Waals surface area contributed by atoms with E-state index in [1.54, 1.807) is 6.08 Å². The van der Waals surface area contributed by atoms with Gasteiger partial charge in [0, 0.05) is 6.42 Å². The Hall–Kier alpha value is -1.58. The van der Waals surface area contributed by atoms with Gasteiger partial charge in [-0.15, -0.1) is 0 Å². The summed E-state index contributed by atoms with van der Waals surface area (Å²) < 4.78 is 77.2. The van der Waals surface area contributed by atoms with Gasteiger partial charge in [-0.25, -0.2) is 0 Å². The maximum absolute atomic E-state index is 12.9. The summed E-state index contributed by atoms with van der Waals surface area (Å²) in [4.78, 5) is 0. The van der Waals surface area contributed by atoms with Crippen LogP contribution in [0.2, 0.25) is 0 Å². The molecular weight excluding hydrogens is 462 g/mol. The van der Waals surface area contributed by atoms with Crippen molar-refractivity contribution in [1.29, 1.82) is 0 Å². The molecule has 2 saturated carbocycles. The van der Waals surface area contributed by atoms with Crippen LogP contribution in [0.5, 0.6) is 0 Å². The van der Waals surface area contributed by atoms with Gasteiger partial charge in [-0.1, -0.05) is 57.7 Å². The smallest absolute Gasteiger partial charge is 0.393 e. The largest absolute Gasteiger partial charge is 0.426 e. The van der Waals surface area contributed by atoms with Crippen molar-refractivity contribution >= 4 is 0 Å². The number of rotatable bonds is 6. The molecule has 0 spiro atoms. The lowest BCUT2D eigenvalue weighted by Crippen LogP contribution is -2.56. The van der Waals surface area contributed by atoms with Crippen molar-refractivity contribution < 1.29 is 41.7 Å². The lowest BCUT2D eigenvalue weighted by molar-refractivity contribution is -0.369. The van der Waals surface area contributed by atoms with Crippen LogP contribution in [0.25, 0.3) is 0 Å². The predicted octanol–water partition coefficient (Wildman–Crippen LogP) is 6.18. The Balaban J connectivity index is 2.08. The Morgan fingerprint density at radius 3 is 2.21 bits per heavy atom. The normalized spacial score (nSPS) is 32.4. The molecule has 4 atom stereocenters. The Morgan fingerprint density at radius 1 is 1.06 bits per heavy atom. The van der Waals surface area contributed by atoms with E-state index in [2.05, 4.69) is 6.58 Å². The molecule has 0 aliphatic heterocycles. The molecule has 0 radical (unpaired) electrons. The van der Waals surface area contributed by atoms with Crippen molar-refractivity contribution in [3.8, 4) is 0 Å². The minimum absolute atomic E-state index is 0.0907. The van der Waals surface area contributed by atoms with Gasteiger partial charge in [0.05, 0.1) is 12.2 Å². The molecule has 0 saturated heterocycles. The summed E-state index contributed by atoms with van der Waals surface area (Å²) in [6.45, 7) is 9.80. The molecule has 9 heteroatoms. The molecule has 0 unspecified atom stereocenters. The highest BCUT2D eigenvalue weighted by Crippen LogP contribution is 2.57. The highest BCUT2D eigenvalue weighted by Gasteiger charge is 2.69. The van der Waals surface area contributed by atoms with Gasteiger partial charge < -0.3 is 15.3 Å². The highest BCUT2D eigenvalue weighted by molar-refractivity contribution is 5.37. The molecule has 2 rings (SSSR count). The van der Waals surface area contributed by atoms with Crippen molar-refractivity contribution in [2.24, 2.45) is 16.7 Å². The summed E-state index contributed by atoms with van der Waals surface area (Å²) in [7, 11) is 0. The molecule has 34 heavy (non-hydrogen) atoms. The number of aliphatic hydroxyl groups is 3. The van der Waals surface area contributed by atoms with E-state index < -0.39 is 48.4 Å². The first-order valence-electron chi connectivity index (χ1n) is 11.3. The van der Waals surface area contributed by atoms with E-state index in [0.29, 0.717) is 18.4 Å². The molecule has 0 amide bonds. The van der Waals surface area contributed by atoms with E-state index in [1.807, 2.05) is 39.0 Å². The van der Waals surface area contributed by atoms with Gasteiger partial charge in [0.25, 0.3) is 5.60 Å². The van der Waals surface area contributed by atoms with Gasteiger partial charge in [0.1, 0.15) is 0 Å². The maximum atomic E-state index is 12.9. The van der Waals surface area contributed by atoms with E-state index in [1.165, 1.54) is 6.08 Å². The molecule has 0 aromatic heterocycles. The second kappa shape index (κ2) is 9.82. The summed E-state index contributed by atoms with van der Waals surface area (Å²) in [5.74, 6) is 0.0907. The zero-order valence-electron chi connectivity index (χ0n) is 19.7. The Kier molecular flexibility index (Phi) is 8.27. The molecule has 0 aromatic rings. The number of aliphatic hydroxyl groups excluding tert-OH is 2. The number of hydrogen-bond acceptors (Lipinski definition) is 3. The standard InChI is InChI=1S/C25H34F6O3/c1-16-17(14-19(32)15-20(16)33)8-7-9-18-10-13-22(4,21(18,2)3)11-5-6-12-23(34,24(26,27)28)25(29,30)31/h5,7-9,11,18-20,32-34H,1,6,10,12-15H2,2-4H3/b9-7+,11-5-,17-8-/t18-,19-,20+,22+/m1/s1. The molecule has 0 aromatic carbocycles. The van der Waals surface area contributed by atoms with Gasteiger partial charge in [-0.2, -0.15) is 26.3 Å². The molecule has 3 nitrogen and oxygen atoms in total. The molecule has 2 aliphatic rings. The van der Waals surface area contributed by atoms with Crippen molar-refractivity contribution in [2.45, 2.75) is 89.5 Å². The predicted molar refractivity (Wildman–Crippen MR) is 118 cm³/mol. The van der Waals surface area contributed by atoms with Crippen LogP contribution >= 0.6 is 0 Å². The van der Waals surface area contributed by atoms with Crippen LogP contribution in [-0.2, 0) is 0 Å². The molecule has 0 bridgehead atoms. The first-order chi connectivity index (χ1) is 15.4. The molecular formula is C25H34F6O3. The van der Waals surface area contributed by atoms with E-state index >= 15 is 0 Å². The Morgan fingerprint density at radius 2 is 1.65 bits per heavy atom. The minimum atomic E-state index is -5.81. The fraction of sp³-hybridized carbons (Fsp3) is 0.680. The summed E-state index contributed by atoms with van der Waals surface area (Å²) in [6, 6.07) is 0. The first-order valence-corrected chi connectivity index (χ1v) is 11.3. The van der Waals surface area contributed by atoms with Crippen LogP contribution in [0.4, 0.5) is 26.3 Å². The number of halogens is 6. The molecule has 194 valence electrons. The molecule has 3 N–H and O–H groups in total. The average molecular weight is 497 g/mol. The third-order valence-corrected chi connectivity index (χ3v) is 7.88. The summed E-state index contributed by atoms with van der Waals surface area (Å²) in [6.07, 6.45) is -4.36. The number of allylic oxidation sites excluding steroid dienone is 5. The van der Waals surface area contributed by atoms with E-state index in [4.69, 9.17) is 0 Å². The van der Waals surface area contributed by atoms with E-state index in [0.717, 1.165) is 12.0 Å². The van der Waals surface area contributed by atoms with Crippen molar-refractivity contribution in [3.63, 3.8) is 0 Å². The first kappa shape index (κ1) is 28.7. The maximum Gasteiger partial charge on any atom is 0.426 e. The lowest BCUT2D eigenvalue weighted by atomic mass is 9.65. The topological polar surface area (TPSA) is 60.7 Å². The Labute approximate surface area is 196 Å². The SMILES string of the molecule is C=C1/C(=C\C=C\[C@@H]2CC[C@](C)(/C=C\CCC(O)(C(F)(F)F)C(F)(F)F)C2(C)C)C[C@@H](O)C[C@@H]1O. The number of alkyl halides is 6. The second-order valence-electron chi connectivity index (χ2n) is 10.3. The van der Waals surface area contributed by atoms with Crippen LogP contribution in [0.1, 0.15) is 59.3 Å². The summed E-state index contributed by atoms with van der Waals surface area (Å²) in [5.41, 5.74) is -4.20. The van der Waals surface area contributed by atoms with Gasteiger partial charge in [0.2, 0.25) is 0 Å². The van der Waals surface area contributed by atoms with Crippen molar-refractivity contribution in [1.82, 2.24) is 0 Å². The highest BCUT2D eigenvalue weighted by atomic mass is 19.4. The fourth-order valence-corrected chi connectivity index (χ4v) is 4.84. The third kappa shape index (κ3) is 5.62. The van der Waals surface area contributed by atoms with Crippen LogP contribution in [0.15, 0.2) is 48.1 Å². The Bertz CT molecular complexity index is 823. The van der Waals surface area contributed by atoms with Crippen molar-refractivity contribution in [2.75, 3.05) is 0 Å². The van der Waals surface area contributed by atoms with E-state index in [-0.39, 0.29) is 17.8 Å². The second-order valence-corrected chi connectivity index (χ2v) is 10.3. The van der Waals surface area contributed by atoms with Gasteiger partial charge in [0.15, 0.2) is 0 Å². The monoisotopic (exact) mass is 496 g/mol. The van der Waals surface area contributed by atoms with Gasteiger partial charge in [-0.05, 0) is 60.0 Å². The average Bonchev–Trinajstić information content (AvgIpc) is 2.90. The zero-order chi connectivity index (χ0) is 26.2. The molecule has 2 fully saturated rings. The summed E-state index contributed by atoms with van der Waals surface area (Å²) in [5, 5.41) is 29.1. The molecule has 0 heterocycles. The fourth-order valence-electron chi connectivity index (χ4n) is 4.84. The minimum Gasteiger partial charge on any atom is -0.393 e. The number of hydrogen-bond donors (Lipinski definition) is 3. The van der Waals surface area contributed by atoms with Gasteiger partial charge >= 0.3 is 12.4 Å². The van der Waals surface area contributed by atoms with Crippen LogP contribution in [0, 0.1) is 16.7 Å². The lowest BCUT2D eigenvalue weighted by Gasteiger charge is -2.39. The van der Waals surface area contributed by atoms with E-state index in [9.17, 15) is 41.7 Å². The summed E-state index contributed by atoms with van der Waals surface area (Å²) >= 11 is 0. The molecule has 2 aliphatic carbocycles. The third-order valence-electron chi connectivity index (χ3n) is 7.88. The van der Waals surface area contributed by atoms with Gasteiger partial charge in [-0.3, -0.25) is 0 Å². The van der Waals surface area contributed by atoms with Crippen LogP contribution in [-0.4, -0.2) is 45.5 Å². The van der Waals surface area contributed by atoms with Crippen LogP contribution in [0.3, 0.4) is 0 Å². The zero-order valence-corrected chi connectivity index (χ0v) is 19.7. The quantitative estimate of drug-likeness (QED) is 0.304.